The molecule has 0 N–H and O–H groups in total. The zero-order valence-electron chi connectivity index (χ0n) is 13.3. The molecular weight excluding hydrogens is 310 g/mol. The van der Waals surface area contributed by atoms with E-state index in [4.69, 9.17) is 4.42 Å². The summed E-state index contributed by atoms with van der Waals surface area (Å²) in [4.78, 5) is 4.42. The number of rotatable bonds is 4. The van der Waals surface area contributed by atoms with Crippen LogP contribution >= 0.6 is 11.8 Å². The minimum Gasteiger partial charge on any atom is -0.445 e. The number of imidazole rings is 1. The number of hydrogen-bond donors (Lipinski definition) is 0. The van der Waals surface area contributed by atoms with Gasteiger partial charge in [0, 0.05) is 13.5 Å². The van der Waals surface area contributed by atoms with Crippen molar-refractivity contribution in [2.24, 2.45) is 7.05 Å². The maximum atomic E-state index is 5.77. The van der Waals surface area contributed by atoms with E-state index in [9.17, 15) is 0 Å². The van der Waals surface area contributed by atoms with Gasteiger partial charge >= 0.3 is 0 Å². The van der Waals surface area contributed by atoms with E-state index in [1.54, 1.807) is 11.8 Å². The van der Waals surface area contributed by atoms with Crippen LogP contribution in [0.15, 0.2) is 33.8 Å². The Bertz CT molecular complexity index is 997. The average molecular weight is 327 g/mol. The number of benzene rings is 1. The molecule has 0 amide bonds. The van der Waals surface area contributed by atoms with Gasteiger partial charge in [-0.1, -0.05) is 30.8 Å². The zero-order chi connectivity index (χ0) is 16.0. The predicted octanol–water partition coefficient (Wildman–Crippen LogP) is 3.37. The SMILES string of the molecule is CCc1nc(C)c(CSc2nnc3n(C)c4ccccc4n23)o1. The third kappa shape index (κ3) is 2.23. The molecule has 0 spiro atoms. The predicted molar refractivity (Wildman–Crippen MR) is 89.6 cm³/mol. The molecule has 0 saturated heterocycles. The van der Waals surface area contributed by atoms with E-state index in [2.05, 4.69) is 36.3 Å². The van der Waals surface area contributed by atoms with E-state index in [1.165, 1.54) is 0 Å². The maximum Gasteiger partial charge on any atom is 0.236 e. The molecule has 3 aromatic heterocycles. The Labute approximate surface area is 137 Å². The highest BCUT2D eigenvalue weighted by molar-refractivity contribution is 7.98. The molecule has 6 nitrogen and oxygen atoms in total. The van der Waals surface area contributed by atoms with Crippen LogP contribution in [0.25, 0.3) is 16.8 Å². The van der Waals surface area contributed by atoms with Gasteiger partial charge in [0.15, 0.2) is 11.0 Å². The van der Waals surface area contributed by atoms with Crippen molar-refractivity contribution >= 4 is 28.6 Å². The van der Waals surface area contributed by atoms with Gasteiger partial charge in [0.25, 0.3) is 0 Å². The van der Waals surface area contributed by atoms with E-state index in [-0.39, 0.29) is 0 Å². The molecule has 0 aliphatic rings. The molecule has 0 atom stereocenters. The minimum atomic E-state index is 0.697. The van der Waals surface area contributed by atoms with Crippen molar-refractivity contribution in [3.05, 3.63) is 41.6 Å². The fourth-order valence-electron chi connectivity index (χ4n) is 2.73. The summed E-state index contributed by atoms with van der Waals surface area (Å²) >= 11 is 1.62. The molecule has 0 fully saturated rings. The molecule has 4 rings (SSSR count). The van der Waals surface area contributed by atoms with Crippen LogP contribution in [0.1, 0.15) is 24.3 Å². The van der Waals surface area contributed by atoms with Crippen molar-refractivity contribution in [3.63, 3.8) is 0 Å². The minimum absolute atomic E-state index is 0.697. The van der Waals surface area contributed by atoms with Crippen molar-refractivity contribution in [2.45, 2.75) is 31.2 Å². The van der Waals surface area contributed by atoms with E-state index in [0.29, 0.717) is 5.75 Å². The lowest BCUT2D eigenvalue weighted by atomic mass is 10.3. The van der Waals surface area contributed by atoms with Crippen LogP contribution < -0.4 is 0 Å². The lowest BCUT2D eigenvalue weighted by Gasteiger charge is -1.98. The van der Waals surface area contributed by atoms with Crippen molar-refractivity contribution in [3.8, 4) is 0 Å². The number of nitrogens with zero attached hydrogens (tertiary/aromatic N) is 5. The van der Waals surface area contributed by atoms with Crippen molar-refractivity contribution in [1.29, 1.82) is 0 Å². The quantitative estimate of drug-likeness (QED) is 0.538. The molecule has 0 unspecified atom stereocenters. The van der Waals surface area contributed by atoms with Crippen molar-refractivity contribution in [1.82, 2.24) is 24.1 Å². The number of oxazole rings is 1. The topological polar surface area (TPSA) is 61.2 Å². The summed E-state index contributed by atoms with van der Waals surface area (Å²) in [5.41, 5.74) is 3.21. The van der Waals surface area contributed by atoms with Gasteiger partial charge in [-0.15, -0.1) is 10.2 Å². The summed E-state index contributed by atoms with van der Waals surface area (Å²) in [7, 11) is 2.01. The molecule has 118 valence electrons. The van der Waals surface area contributed by atoms with Crippen molar-refractivity contribution in [2.75, 3.05) is 0 Å². The number of hydrogen-bond acceptors (Lipinski definition) is 5. The molecule has 0 bridgehead atoms. The van der Waals surface area contributed by atoms with Crippen LogP contribution in [0.5, 0.6) is 0 Å². The first-order chi connectivity index (χ1) is 11.2. The molecule has 1 aromatic carbocycles. The van der Waals surface area contributed by atoms with Gasteiger partial charge in [0.1, 0.15) is 5.76 Å². The highest BCUT2D eigenvalue weighted by atomic mass is 32.2. The fraction of sp³-hybridized carbons (Fsp3) is 0.312. The van der Waals surface area contributed by atoms with Gasteiger partial charge in [-0.3, -0.25) is 4.40 Å². The average Bonchev–Trinajstić information content (AvgIpc) is 3.22. The van der Waals surface area contributed by atoms with E-state index in [1.807, 2.05) is 33.0 Å². The molecule has 0 saturated carbocycles. The molecule has 0 aliphatic carbocycles. The highest BCUT2D eigenvalue weighted by Crippen LogP contribution is 2.28. The number of para-hydroxylation sites is 2. The van der Waals surface area contributed by atoms with Crippen LogP contribution in [0, 0.1) is 6.92 Å². The van der Waals surface area contributed by atoms with Gasteiger partial charge in [-0.25, -0.2) is 4.98 Å². The van der Waals surface area contributed by atoms with E-state index >= 15 is 0 Å². The Hall–Kier alpha value is -2.28. The Balaban J connectivity index is 1.72. The third-order valence-corrected chi connectivity index (χ3v) is 4.90. The summed E-state index contributed by atoms with van der Waals surface area (Å²) in [5.74, 6) is 3.23. The second-order valence-corrected chi connectivity index (χ2v) is 6.37. The molecule has 23 heavy (non-hydrogen) atoms. The largest absolute Gasteiger partial charge is 0.445 e. The van der Waals surface area contributed by atoms with Gasteiger partial charge < -0.3 is 8.98 Å². The smallest absolute Gasteiger partial charge is 0.236 e. The first kappa shape index (κ1) is 14.3. The van der Waals surface area contributed by atoms with E-state index in [0.717, 1.165) is 45.7 Å². The molecular formula is C16H17N5OS. The lowest BCUT2D eigenvalue weighted by molar-refractivity contribution is 0.473. The maximum absolute atomic E-state index is 5.77. The monoisotopic (exact) mass is 327 g/mol. The second-order valence-electron chi connectivity index (χ2n) is 5.42. The molecule has 7 heteroatoms. The number of aromatic nitrogens is 5. The molecule has 3 heterocycles. The standard InChI is InChI=1S/C16H17N5OS/c1-4-14-17-10(2)13(22-14)9-23-16-19-18-15-20(3)11-7-5-6-8-12(11)21(15)16/h5-8H,4,9H2,1-3H3. The lowest BCUT2D eigenvalue weighted by Crippen LogP contribution is -1.88. The Kier molecular flexibility index (Phi) is 3.37. The second kappa shape index (κ2) is 5.42. The van der Waals surface area contributed by atoms with Gasteiger partial charge in [-0.2, -0.15) is 0 Å². The number of fused-ring (bicyclic) bond motifs is 3. The molecule has 4 aromatic rings. The van der Waals surface area contributed by atoms with Crippen LogP contribution in [0.2, 0.25) is 0 Å². The van der Waals surface area contributed by atoms with Crippen LogP contribution in [-0.4, -0.2) is 24.1 Å². The highest BCUT2D eigenvalue weighted by Gasteiger charge is 2.16. The summed E-state index contributed by atoms with van der Waals surface area (Å²) in [5, 5.41) is 9.52. The third-order valence-electron chi connectivity index (χ3n) is 3.97. The Morgan fingerprint density at radius 2 is 1.96 bits per heavy atom. The number of aryl methyl sites for hydroxylation is 3. The zero-order valence-corrected chi connectivity index (χ0v) is 14.1. The van der Waals surface area contributed by atoms with Gasteiger partial charge in [-0.05, 0) is 19.1 Å². The van der Waals surface area contributed by atoms with Crippen molar-refractivity contribution < 1.29 is 4.42 Å². The Morgan fingerprint density at radius 3 is 2.70 bits per heavy atom. The Morgan fingerprint density at radius 1 is 1.17 bits per heavy atom. The molecule has 0 aliphatic heterocycles. The fourth-order valence-corrected chi connectivity index (χ4v) is 3.67. The first-order valence-corrected chi connectivity index (χ1v) is 8.54. The van der Waals surface area contributed by atoms with Gasteiger partial charge in [0.2, 0.25) is 5.78 Å². The first-order valence-electron chi connectivity index (χ1n) is 7.55. The van der Waals surface area contributed by atoms with Crippen LogP contribution in [0.4, 0.5) is 0 Å². The normalized spacial score (nSPS) is 11.8. The summed E-state index contributed by atoms with van der Waals surface area (Å²) in [6.45, 7) is 4.02. The summed E-state index contributed by atoms with van der Waals surface area (Å²) < 4.78 is 9.92. The van der Waals surface area contributed by atoms with Crippen LogP contribution in [-0.2, 0) is 19.2 Å². The molecule has 0 radical (unpaired) electrons. The van der Waals surface area contributed by atoms with Gasteiger partial charge in [0.05, 0.1) is 22.5 Å². The summed E-state index contributed by atoms with van der Waals surface area (Å²) in [6.07, 6.45) is 0.810. The van der Waals surface area contributed by atoms with E-state index < -0.39 is 0 Å². The number of thioether (sulfide) groups is 1. The van der Waals surface area contributed by atoms with Crippen LogP contribution in [0.3, 0.4) is 0 Å². The summed E-state index contributed by atoms with van der Waals surface area (Å²) in [6, 6.07) is 8.24.